The van der Waals surface area contributed by atoms with Crippen molar-refractivity contribution in [3.63, 3.8) is 0 Å². The third kappa shape index (κ3) is 2.84. The Morgan fingerprint density at radius 2 is 1.89 bits per heavy atom. The lowest BCUT2D eigenvalue weighted by Gasteiger charge is -2.30. The van der Waals surface area contributed by atoms with Crippen molar-refractivity contribution < 1.29 is 8.42 Å². The average Bonchev–Trinajstić information content (AvgIpc) is 2.41. The van der Waals surface area contributed by atoms with Crippen LogP contribution in [0.15, 0.2) is 23.1 Å². The molecule has 1 aliphatic carbocycles. The van der Waals surface area contributed by atoms with Crippen LogP contribution in [0.25, 0.3) is 0 Å². The summed E-state index contributed by atoms with van der Waals surface area (Å²) in [5.41, 5.74) is 7.60. The molecule has 106 valence electrons. The van der Waals surface area contributed by atoms with Crippen molar-refractivity contribution in [2.75, 3.05) is 6.54 Å². The number of hydrogen-bond acceptors (Lipinski definition) is 3. The highest BCUT2D eigenvalue weighted by Gasteiger charge is 2.36. The molecule has 4 heteroatoms. The second kappa shape index (κ2) is 5.63. The highest BCUT2D eigenvalue weighted by molar-refractivity contribution is 7.92. The normalized spacial score (nSPS) is 24.4. The Kier molecular flexibility index (Phi) is 4.31. The van der Waals surface area contributed by atoms with Gasteiger partial charge in [0.2, 0.25) is 0 Å². The van der Waals surface area contributed by atoms with Crippen molar-refractivity contribution in [3.05, 3.63) is 29.3 Å². The molecule has 1 fully saturated rings. The van der Waals surface area contributed by atoms with E-state index in [0.717, 1.165) is 36.8 Å². The Morgan fingerprint density at radius 3 is 2.58 bits per heavy atom. The average molecular weight is 281 g/mol. The van der Waals surface area contributed by atoms with Crippen molar-refractivity contribution in [1.29, 1.82) is 0 Å². The predicted molar refractivity (Wildman–Crippen MR) is 77.9 cm³/mol. The summed E-state index contributed by atoms with van der Waals surface area (Å²) in [6.07, 6.45) is 3.77. The second-order valence-electron chi connectivity index (χ2n) is 5.63. The van der Waals surface area contributed by atoms with Crippen molar-refractivity contribution in [2.45, 2.75) is 49.7 Å². The van der Waals surface area contributed by atoms with E-state index < -0.39 is 9.84 Å². The van der Waals surface area contributed by atoms with Crippen LogP contribution in [-0.4, -0.2) is 20.2 Å². The van der Waals surface area contributed by atoms with Gasteiger partial charge >= 0.3 is 0 Å². The quantitative estimate of drug-likeness (QED) is 0.926. The highest BCUT2D eigenvalue weighted by atomic mass is 32.2. The van der Waals surface area contributed by atoms with Gasteiger partial charge in [0.25, 0.3) is 0 Å². The zero-order valence-corrected chi connectivity index (χ0v) is 12.5. The van der Waals surface area contributed by atoms with Gasteiger partial charge in [0.15, 0.2) is 9.84 Å². The van der Waals surface area contributed by atoms with Gasteiger partial charge in [-0.25, -0.2) is 8.42 Å². The number of rotatable bonds is 3. The molecule has 0 heterocycles. The van der Waals surface area contributed by atoms with E-state index in [9.17, 15) is 8.42 Å². The van der Waals surface area contributed by atoms with Gasteiger partial charge in [-0.1, -0.05) is 25.0 Å². The maximum absolute atomic E-state index is 12.9. The predicted octanol–water partition coefficient (Wildman–Crippen LogP) is 2.59. The Balaban J connectivity index is 2.43. The van der Waals surface area contributed by atoms with Gasteiger partial charge in [-0.05, 0) is 56.3 Å². The molecule has 1 saturated carbocycles. The first kappa shape index (κ1) is 14.5. The summed E-state index contributed by atoms with van der Waals surface area (Å²) in [6, 6.07) is 5.64. The molecule has 2 unspecified atom stereocenters. The smallest absolute Gasteiger partial charge is 0.181 e. The summed E-state index contributed by atoms with van der Waals surface area (Å²) in [6.45, 7) is 4.26. The van der Waals surface area contributed by atoms with Gasteiger partial charge in [0, 0.05) is 0 Å². The molecule has 1 aliphatic rings. The number of nitrogens with two attached hydrogens (primary N) is 1. The van der Waals surface area contributed by atoms with Crippen LogP contribution in [0.5, 0.6) is 0 Å². The molecule has 2 atom stereocenters. The zero-order chi connectivity index (χ0) is 14.0. The minimum atomic E-state index is -3.26. The van der Waals surface area contributed by atoms with Crippen molar-refractivity contribution >= 4 is 9.84 Å². The van der Waals surface area contributed by atoms with E-state index in [2.05, 4.69) is 0 Å². The molecule has 0 amide bonds. The standard InChI is InChI=1S/C15H23NO2S/c1-11-7-8-12(2)15(9-11)19(17,18)14-6-4-3-5-13(14)10-16/h7-9,13-14H,3-6,10,16H2,1-2H3. The van der Waals surface area contributed by atoms with Crippen LogP contribution in [0, 0.1) is 19.8 Å². The van der Waals surface area contributed by atoms with Gasteiger partial charge in [-0.2, -0.15) is 0 Å². The van der Waals surface area contributed by atoms with Crippen LogP contribution in [0.2, 0.25) is 0 Å². The summed E-state index contributed by atoms with van der Waals surface area (Å²) in [4.78, 5) is 0.498. The topological polar surface area (TPSA) is 60.2 Å². The Morgan fingerprint density at radius 1 is 1.21 bits per heavy atom. The van der Waals surface area contributed by atoms with Crippen LogP contribution in [0.4, 0.5) is 0 Å². The van der Waals surface area contributed by atoms with Gasteiger partial charge < -0.3 is 5.73 Å². The van der Waals surface area contributed by atoms with E-state index in [0.29, 0.717) is 11.4 Å². The number of aryl methyl sites for hydroxylation is 2. The van der Waals surface area contributed by atoms with Crippen LogP contribution in [0.3, 0.4) is 0 Å². The Hall–Kier alpha value is -0.870. The molecule has 2 N–H and O–H groups in total. The maximum Gasteiger partial charge on any atom is 0.181 e. The number of sulfone groups is 1. The van der Waals surface area contributed by atoms with Gasteiger partial charge in [0.05, 0.1) is 10.1 Å². The third-order valence-electron chi connectivity index (χ3n) is 4.19. The zero-order valence-electron chi connectivity index (χ0n) is 11.7. The molecule has 0 radical (unpaired) electrons. The lowest BCUT2D eigenvalue weighted by atomic mass is 9.89. The van der Waals surface area contributed by atoms with E-state index in [-0.39, 0.29) is 11.2 Å². The van der Waals surface area contributed by atoms with Gasteiger partial charge in [0.1, 0.15) is 0 Å². The van der Waals surface area contributed by atoms with Crippen LogP contribution >= 0.6 is 0 Å². The maximum atomic E-state index is 12.9. The second-order valence-corrected chi connectivity index (χ2v) is 7.77. The van der Waals surface area contributed by atoms with E-state index in [1.165, 1.54) is 0 Å². The van der Waals surface area contributed by atoms with Crippen molar-refractivity contribution in [1.82, 2.24) is 0 Å². The third-order valence-corrected chi connectivity index (χ3v) is 6.66. The molecule has 1 aromatic rings. The SMILES string of the molecule is Cc1ccc(C)c(S(=O)(=O)C2CCCCC2CN)c1. The summed E-state index contributed by atoms with van der Waals surface area (Å²) < 4.78 is 25.7. The first-order chi connectivity index (χ1) is 8.96. The van der Waals surface area contributed by atoms with Crippen molar-refractivity contribution in [3.8, 4) is 0 Å². The van der Waals surface area contributed by atoms with E-state index in [4.69, 9.17) is 5.73 Å². The molecule has 1 aromatic carbocycles. The van der Waals surface area contributed by atoms with E-state index in [1.54, 1.807) is 6.07 Å². The summed E-state index contributed by atoms with van der Waals surface area (Å²) in [5.74, 6) is 0.110. The minimum Gasteiger partial charge on any atom is -0.330 e. The molecular formula is C15H23NO2S. The van der Waals surface area contributed by atoms with Gasteiger partial charge in [-0.3, -0.25) is 0 Å². The minimum absolute atomic E-state index is 0.110. The van der Waals surface area contributed by atoms with E-state index >= 15 is 0 Å². The lowest BCUT2D eigenvalue weighted by Crippen LogP contribution is -2.37. The monoisotopic (exact) mass is 281 g/mol. The highest BCUT2D eigenvalue weighted by Crippen LogP contribution is 2.34. The molecule has 0 bridgehead atoms. The number of benzene rings is 1. The number of hydrogen-bond donors (Lipinski definition) is 1. The van der Waals surface area contributed by atoms with Crippen LogP contribution in [0.1, 0.15) is 36.8 Å². The molecular weight excluding hydrogens is 258 g/mol. The molecule has 3 nitrogen and oxygen atoms in total. The molecule has 0 saturated heterocycles. The largest absolute Gasteiger partial charge is 0.330 e. The molecule has 0 aromatic heterocycles. The molecule has 2 rings (SSSR count). The fraction of sp³-hybridized carbons (Fsp3) is 0.600. The first-order valence-corrected chi connectivity index (χ1v) is 8.52. The Bertz CT molecular complexity index is 551. The first-order valence-electron chi connectivity index (χ1n) is 6.98. The van der Waals surface area contributed by atoms with Crippen LogP contribution in [-0.2, 0) is 9.84 Å². The lowest BCUT2D eigenvalue weighted by molar-refractivity contribution is 0.363. The van der Waals surface area contributed by atoms with Crippen molar-refractivity contribution in [2.24, 2.45) is 11.7 Å². The molecule has 19 heavy (non-hydrogen) atoms. The van der Waals surface area contributed by atoms with E-state index in [1.807, 2.05) is 26.0 Å². The Labute approximate surface area is 116 Å². The molecule has 0 aliphatic heterocycles. The molecule has 0 spiro atoms. The summed E-state index contributed by atoms with van der Waals surface area (Å²) in [7, 11) is -3.26. The summed E-state index contributed by atoms with van der Waals surface area (Å²) in [5, 5.41) is -0.299. The van der Waals surface area contributed by atoms with Crippen LogP contribution < -0.4 is 5.73 Å². The van der Waals surface area contributed by atoms with Gasteiger partial charge in [-0.15, -0.1) is 0 Å². The summed E-state index contributed by atoms with van der Waals surface area (Å²) >= 11 is 0. The fourth-order valence-electron chi connectivity index (χ4n) is 3.03. The fourth-order valence-corrected chi connectivity index (χ4v) is 5.45.